The molecule has 1 aromatic carbocycles. The third-order valence-electron chi connectivity index (χ3n) is 7.63. The van der Waals surface area contributed by atoms with Gasteiger partial charge in [0.2, 0.25) is 0 Å². The van der Waals surface area contributed by atoms with Crippen molar-refractivity contribution in [2.24, 2.45) is 0 Å². The Morgan fingerprint density at radius 1 is 1.17 bits per heavy atom. The second-order valence-corrected chi connectivity index (χ2v) is 10.6. The average molecular weight is 496 g/mol. The highest BCUT2D eigenvalue weighted by molar-refractivity contribution is 5.83. The van der Waals surface area contributed by atoms with E-state index in [0.717, 1.165) is 80.1 Å². The second kappa shape index (κ2) is 11.2. The number of aromatic amines is 1. The third kappa shape index (κ3) is 5.68. The van der Waals surface area contributed by atoms with Gasteiger partial charge < -0.3 is 9.72 Å². The summed E-state index contributed by atoms with van der Waals surface area (Å²) in [5.74, 6) is 0.857. The van der Waals surface area contributed by atoms with Gasteiger partial charge in [-0.05, 0) is 74.2 Å². The number of tetrazole rings is 1. The van der Waals surface area contributed by atoms with Gasteiger partial charge in [0.25, 0.3) is 5.56 Å². The van der Waals surface area contributed by atoms with E-state index in [-0.39, 0.29) is 17.1 Å². The summed E-state index contributed by atoms with van der Waals surface area (Å²) < 4.78 is 7.51. The molecule has 0 unspecified atom stereocenters. The van der Waals surface area contributed by atoms with E-state index in [1.807, 2.05) is 10.7 Å². The van der Waals surface area contributed by atoms with Crippen LogP contribution >= 0.6 is 0 Å². The minimum absolute atomic E-state index is 0.0129. The topological polar surface area (TPSA) is 92.2 Å². The van der Waals surface area contributed by atoms with Crippen LogP contribution in [0.5, 0.6) is 0 Å². The van der Waals surface area contributed by atoms with E-state index in [1.165, 1.54) is 5.56 Å². The van der Waals surface area contributed by atoms with Crippen LogP contribution in [0.1, 0.15) is 69.1 Å². The lowest BCUT2D eigenvalue weighted by Crippen LogP contribution is -2.43. The van der Waals surface area contributed by atoms with E-state index < -0.39 is 0 Å². The molecular formula is C27H41N7O2. The molecule has 1 atom stereocenters. The number of hydrogen-bond acceptors (Lipinski definition) is 7. The third-order valence-corrected chi connectivity index (χ3v) is 7.63. The van der Waals surface area contributed by atoms with E-state index in [4.69, 9.17) is 4.74 Å². The number of nitrogens with zero attached hydrogens (tertiary/aromatic N) is 6. The molecule has 36 heavy (non-hydrogen) atoms. The van der Waals surface area contributed by atoms with Gasteiger partial charge in [-0.1, -0.05) is 19.9 Å². The Bertz CT molecular complexity index is 1230. The lowest BCUT2D eigenvalue weighted by molar-refractivity contribution is 0.0289. The fraction of sp³-hybridized carbons (Fsp3) is 0.630. The molecule has 1 N–H and O–H groups in total. The van der Waals surface area contributed by atoms with E-state index in [0.29, 0.717) is 6.54 Å². The number of nitrogens with one attached hydrogen (secondary N) is 1. The summed E-state index contributed by atoms with van der Waals surface area (Å²) in [5, 5.41) is 14.0. The predicted molar refractivity (Wildman–Crippen MR) is 142 cm³/mol. The molecule has 1 fully saturated rings. The van der Waals surface area contributed by atoms with Crippen molar-refractivity contribution in [1.82, 2.24) is 35.0 Å². The van der Waals surface area contributed by atoms with Gasteiger partial charge in [0.15, 0.2) is 5.82 Å². The number of H-pyrrole nitrogens is 1. The number of benzene rings is 1. The first-order chi connectivity index (χ1) is 17.2. The highest BCUT2D eigenvalue weighted by atomic mass is 16.5. The maximum atomic E-state index is 13.2. The number of rotatable bonds is 10. The van der Waals surface area contributed by atoms with E-state index in [2.05, 4.69) is 84.0 Å². The normalized spacial score (nSPS) is 16.2. The molecule has 9 heteroatoms. The number of aromatic nitrogens is 5. The summed E-state index contributed by atoms with van der Waals surface area (Å²) >= 11 is 0. The molecule has 0 spiro atoms. The molecule has 1 saturated heterocycles. The minimum Gasteiger partial charge on any atom is -0.379 e. The molecule has 0 bridgehead atoms. The van der Waals surface area contributed by atoms with Crippen molar-refractivity contribution < 1.29 is 4.74 Å². The van der Waals surface area contributed by atoms with E-state index >= 15 is 0 Å². The number of aryl methyl sites for hydroxylation is 2. The number of morpholine rings is 1. The zero-order chi connectivity index (χ0) is 25.9. The highest BCUT2D eigenvalue weighted by Gasteiger charge is 2.31. The van der Waals surface area contributed by atoms with Gasteiger partial charge >= 0.3 is 0 Å². The average Bonchev–Trinajstić information content (AvgIpc) is 3.35. The summed E-state index contributed by atoms with van der Waals surface area (Å²) in [6, 6.07) is 6.26. The van der Waals surface area contributed by atoms with Crippen LogP contribution in [0.2, 0.25) is 0 Å². The van der Waals surface area contributed by atoms with Gasteiger partial charge in [-0.3, -0.25) is 14.6 Å². The van der Waals surface area contributed by atoms with Crippen molar-refractivity contribution in [2.45, 2.75) is 72.5 Å². The zero-order valence-electron chi connectivity index (χ0n) is 22.7. The lowest BCUT2D eigenvalue weighted by Gasteiger charge is -2.35. The van der Waals surface area contributed by atoms with Crippen molar-refractivity contribution in [3.63, 3.8) is 0 Å². The lowest BCUT2D eigenvalue weighted by atomic mass is 10.0. The number of hydrogen-bond donors (Lipinski definition) is 1. The SMILES string of the molecule is CC[C@@H](c1nnnn1C(C)(C)CC)N(CCN1CCOCC1)Cc1cc2c(C)cc(C)cc2[nH]c1=O. The second-order valence-electron chi connectivity index (χ2n) is 10.6. The molecule has 2 aromatic heterocycles. The van der Waals surface area contributed by atoms with Gasteiger partial charge in [-0.15, -0.1) is 5.10 Å². The molecule has 9 nitrogen and oxygen atoms in total. The van der Waals surface area contributed by atoms with Crippen molar-refractivity contribution in [1.29, 1.82) is 0 Å². The Morgan fingerprint density at radius 3 is 2.61 bits per heavy atom. The Hall–Kier alpha value is -2.62. The summed E-state index contributed by atoms with van der Waals surface area (Å²) in [5.41, 5.74) is 3.74. The summed E-state index contributed by atoms with van der Waals surface area (Å²) in [6.07, 6.45) is 1.76. The maximum absolute atomic E-state index is 13.2. The molecule has 1 aliphatic rings. The van der Waals surface area contributed by atoms with Crippen LogP contribution in [0.15, 0.2) is 23.0 Å². The molecule has 4 rings (SSSR count). The molecular weight excluding hydrogens is 454 g/mol. The largest absolute Gasteiger partial charge is 0.379 e. The fourth-order valence-electron chi connectivity index (χ4n) is 5.08. The fourth-order valence-corrected chi connectivity index (χ4v) is 5.08. The Morgan fingerprint density at radius 2 is 1.92 bits per heavy atom. The van der Waals surface area contributed by atoms with Crippen molar-refractivity contribution in [2.75, 3.05) is 39.4 Å². The molecule has 0 aliphatic carbocycles. The van der Waals surface area contributed by atoms with Crippen LogP contribution in [0.3, 0.4) is 0 Å². The molecule has 1 aliphatic heterocycles. The summed E-state index contributed by atoms with van der Waals surface area (Å²) in [7, 11) is 0. The molecule has 3 heterocycles. The molecule has 0 amide bonds. The molecule has 3 aromatic rings. The number of pyridine rings is 1. The van der Waals surface area contributed by atoms with Crippen LogP contribution in [0.4, 0.5) is 0 Å². The molecule has 196 valence electrons. The molecule has 0 radical (unpaired) electrons. The van der Waals surface area contributed by atoms with Crippen molar-refractivity contribution in [3.8, 4) is 0 Å². The van der Waals surface area contributed by atoms with Crippen molar-refractivity contribution in [3.05, 3.63) is 51.1 Å². The highest BCUT2D eigenvalue weighted by Crippen LogP contribution is 2.29. The first-order valence-electron chi connectivity index (χ1n) is 13.2. The van der Waals surface area contributed by atoms with E-state index in [9.17, 15) is 4.79 Å². The van der Waals surface area contributed by atoms with E-state index in [1.54, 1.807) is 0 Å². The maximum Gasteiger partial charge on any atom is 0.252 e. The number of fused-ring (bicyclic) bond motifs is 1. The van der Waals surface area contributed by atoms with Gasteiger partial charge in [0.1, 0.15) is 0 Å². The Labute approximate surface area is 213 Å². The predicted octanol–water partition coefficient (Wildman–Crippen LogP) is 3.56. The van der Waals surface area contributed by atoms with Crippen LogP contribution in [-0.4, -0.2) is 74.4 Å². The first kappa shape index (κ1) is 26.4. The Balaban J connectivity index is 1.70. The monoisotopic (exact) mass is 495 g/mol. The Kier molecular flexibility index (Phi) is 8.22. The van der Waals surface area contributed by atoms with Gasteiger partial charge in [-0.2, -0.15) is 0 Å². The molecule has 0 saturated carbocycles. The number of ether oxygens (including phenoxy) is 1. The standard InChI is InChI=1S/C27H41N7O2/c1-7-24(25-29-30-31-34(25)27(5,6)8-2)33(10-9-32-11-13-36-14-12-32)18-21-17-22-20(4)15-19(3)16-23(22)28-26(21)35/h15-17,24H,7-14,18H2,1-6H3,(H,28,35)/t24-/m0/s1. The van der Waals surface area contributed by atoms with Crippen LogP contribution in [0.25, 0.3) is 10.9 Å². The first-order valence-corrected chi connectivity index (χ1v) is 13.2. The van der Waals surface area contributed by atoms with Gasteiger partial charge in [0, 0.05) is 49.2 Å². The zero-order valence-corrected chi connectivity index (χ0v) is 22.7. The van der Waals surface area contributed by atoms with Gasteiger partial charge in [0.05, 0.1) is 24.8 Å². The van der Waals surface area contributed by atoms with Crippen LogP contribution in [0, 0.1) is 13.8 Å². The van der Waals surface area contributed by atoms with Gasteiger partial charge in [-0.25, -0.2) is 4.68 Å². The quantitative estimate of drug-likeness (QED) is 0.460. The van der Waals surface area contributed by atoms with Crippen LogP contribution in [-0.2, 0) is 16.8 Å². The van der Waals surface area contributed by atoms with Crippen molar-refractivity contribution >= 4 is 10.9 Å². The minimum atomic E-state index is -0.197. The summed E-state index contributed by atoms with van der Waals surface area (Å²) in [4.78, 5) is 21.2. The van der Waals surface area contributed by atoms with Crippen LogP contribution < -0.4 is 5.56 Å². The smallest absolute Gasteiger partial charge is 0.252 e. The summed E-state index contributed by atoms with van der Waals surface area (Å²) in [6.45, 7) is 18.4.